The normalized spacial score (nSPS) is 30.6. The van der Waals surface area contributed by atoms with E-state index in [0.717, 1.165) is 0 Å². The van der Waals surface area contributed by atoms with E-state index in [1.807, 2.05) is 0 Å². The van der Waals surface area contributed by atoms with Crippen molar-refractivity contribution in [3.63, 3.8) is 0 Å². The fourth-order valence-corrected chi connectivity index (χ4v) is 5.86. The van der Waals surface area contributed by atoms with Crippen LogP contribution in [-0.2, 0) is 30.3 Å². The second-order valence-electron chi connectivity index (χ2n) is 9.49. The van der Waals surface area contributed by atoms with Crippen molar-refractivity contribution < 1.29 is 43.7 Å². The summed E-state index contributed by atoms with van der Waals surface area (Å²) in [7, 11) is 0. The molecule has 0 radical (unpaired) electrons. The summed E-state index contributed by atoms with van der Waals surface area (Å²) in [6, 6.07) is 12.5. The number of hydrogen-bond acceptors (Lipinski definition) is 9. The molecule has 2 fully saturated rings. The number of anilines is 1. The number of fused-ring (bicyclic) bond motifs is 3. The maximum Gasteiger partial charge on any atom is 0.411 e. The molecule has 2 saturated carbocycles. The first-order chi connectivity index (χ1) is 17.6. The number of amides is 2. The van der Waals surface area contributed by atoms with Gasteiger partial charge in [0.1, 0.15) is 11.9 Å². The van der Waals surface area contributed by atoms with Crippen LogP contribution in [0.3, 0.4) is 0 Å². The third-order valence-electron chi connectivity index (χ3n) is 7.48. The summed E-state index contributed by atoms with van der Waals surface area (Å²) in [4.78, 5) is 77.9. The fraction of sp³-hybridized carbons (Fsp3) is 0.308. The SMILES string of the molecule is NC(=O)C1C(=O)C[C@@H]2[C@@H](OC(=O)Nc3ccccc3)[C@@H]3Cc4cccc(O)c4C(=O)C3C(=O)[C@]2(O)C1=O. The minimum absolute atomic E-state index is 0.0244. The van der Waals surface area contributed by atoms with E-state index in [0.29, 0.717) is 11.3 Å². The Morgan fingerprint density at radius 1 is 0.973 bits per heavy atom. The van der Waals surface area contributed by atoms with Crippen molar-refractivity contribution in [1.29, 1.82) is 0 Å². The number of primary amides is 1. The molecule has 0 aliphatic heterocycles. The van der Waals surface area contributed by atoms with E-state index < -0.39 is 76.9 Å². The molecule has 2 amide bonds. The number of aliphatic hydroxyl groups is 1. The number of para-hydroxylation sites is 1. The van der Waals surface area contributed by atoms with Gasteiger partial charge in [-0.25, -0.2) is 4.79 Å². The second-order valence-corrected chi connectivity index (χ2v) is 9.49. The predicted octanol–water partition coefficient (Wildman–Crippen LogP) is 0.554. The second kappa shape index (κ2) is 8.63. The van der Waals surface area contributed by atoms with E-state index in [-0.39, 0.29) is 17.7 Å². The summed E-state index contributed by atoms with van der Waals surface area (Å²) in [5, 5.41) is 24.3. The Labute approximate surface area is 209 Å². The number of carbonyl (C=O) groups excluding carboxylic acids is 6. The van der Waals surface area contributed by atoms with Gasteiger partial charge in [-0.15, -0.1) is 0 Å². The van der Waals surface area contributed by atoms with E-state index in [4.69, 9.17) is 10.5 Å². The highest BCUT2D eigenvalue weighted by Gasteiger charge is 2.70. The van der Waals surface area contributed by atoms with E-state index >= 15 is 0 Å². The summed E-state index contributed by atoms with van der Waals surface area (Å²) >= 11 is 0. The van der Waals surface area contributed by atoms with Crippen molar-refractivity contribution >= 4 is 40.8 Å². The smallest absolute Gasteiger partial charge is 0.411 e. The molecule has 190 valence electrons. The van der Waals surface area contributed by atoms with Crippen LogP contribution in [0, 0.1) is 23.7 Å². The zero-order valence-electron chi connectivity index (χ0n) is 19.2. The topological polar surface area (TPSA) is 190 Å². The lowest BCUT2D eigenvalue weighted by Gasteiger charge is -2.52. The van der Waals surface area contributed by atoms with Crippen LogP contribution in [0.25, 0.3) is 0 Å². The van der Waals surface area contributed by atoms with Gasteiger partial charge in [0.15, 0.2) is 34.7 Å². The van der Waals surface area contributed by atoms with Crippen molar-refractivity contribution in [2.75, 3.05) is 5.32 Å². The lowest BCUT2D eigenvalue weighted by atomic mass is 9.52. The summed E-state index contributed by atoms with van der Waals surface area (Å²) in [6.45, 7) is 0. The van der Waals surface area contributed by atoms with Gasteiger partial charge in [0.25, 0.3) is 0 Å². The average molecular weight is 506 g/mol. The molecular weight excluding hydrogens is 484 g/mol. The van der Waals surface area contributed by atoms with Crippen LogP contribution in [-0.4, -0.2) is 57.1 Å². The van der Waals surface area contributed by atoms with Gasteiger partial charge in [-0.3, -0.25) is 29.3 Å². The van der Waals surface area contributed by atoms with Crippen LogP contribution < -0.4 is 11.1 Å². The highest BCUT2D eigenvalue weighted by Crippen LogP contribution is 2.51. The average Bonchev–Trinajstić information content (AvgIpc) is 2.84. The molecule has 11 heteroatoms. The maximum absolute atomic E-state index is 13.7. The summed E-state index contributed by atoms with van der Waals surface area (Å²) in [5.74, 6) is -12.5. The number of carbonyl (C=O) groups is 6. The van der Waals surface area contributed by atoms with Crippen LogP contribution in [0.1, 0.15) is 22.3 Å². The summed E-state index contributed by atoms with van der Waals surface area (Å²) < 4.78 is 5.64. The van der Waals surface area contributed by atoms with E-state index in [9.17, 15) is 39.0 Å². The number of phenolic OH excluding ortho intramolecular Hbond substituents is 1. The first kappa shape index (κ1) is 24.3. The Morgan fingerprint density at radius 2 is 1.68 bits per heavy atom. The van der Waals surface area contributed by atoms with Crippen molar-refractivity contribution in [2.24, 2.45) is 29.4 Å². The lowest BCUT2D eigenvalue weighted by Crippen LogP contribution is -2.72. The molecule has 11 nitrogen and oxygen atoms in total. The molecule has 2 aromatic rings. The molecule has 0 aromatic heterocycles. The van der Waals surface area contributed by atoms with Crippen molar-refractivity contribution in [1.82, 2.24) is 0 Å². The van der Waals surface area contributed by atoms with Crippen LogP contribution in [0.2, 0.25) is 0 Å². The maximum atomic E-state index is 13.7. The van der Waals surface area contributed by atoms with Gasteiger partial charge in [-0.1, -0.05) is 30.3 Å². The minimum atomic E-state index is -2.98. The van der Waals surface area contributed by atoms with Crippen molar-refractivity contribution in [2.45, 2.75) is 24.5 Å². The predicted molar refractivity (Wildman–Crippen MR) is 124 cm³/mol. The fourth-order valence-electron chi connectivity index (χ4n) is 5.86. The Bertz CT molecular complexity index is 1370. The number of hydrogen-bond donors (Lipinski definition) is 4. The Hall–Kier alpha value is -4.38. The van der Waals surface area contributed by atoms with Crippen molar-refractivity contribution in [3.05, 3.63) is 59.7 Å². The van der Waals surface area contributed by atoms with Crippen LogP contribution in [0.5, 0.6) is 5.75 Å². The van der Waals surface area contributed by atoms with E-state index in [1.165, 1.54) is 12.1 Å². The molecule has 37 heavy (non-hydrogen) atoms. The number of nitrogens with two attached hydrogens (primary N) is 1. The van der Waals surface area contributed by atoms with Gasteiger partial charge in [0.2, 0.25) is 5.91 Å². The monoisotopic (exact) mass is 506 g/mol. The lowest BCUT2D eigenvalue weighted by molar-refractivity contribution is -0.187. The molecular formula is C26H22N2O9. The van der Waals surface area contributed by atoms with Gasteiger partial charge in [0, 0.05) is 23.9 Å². The largest absolute Gasteiger partial charge is 0.507 e. The molecule has 3 aliphatic rings. The number of ketones is 4. The molecule has 2 unspecified atom stereocenters. The first-order valence-corrected chi connectivity index (χ1v) is 11.6. The number of Topliss-reactive ketones (excluding diaryl/α,β-unsaturated/α-hetero) is 4. The third kappa shape index (κ3) is 3.61. The highest BCUT2D eigenvalue weighted by atomic mass is 16.6. The number of benzene rings is 2. The standard InChI is InChI=1S/C26H22N2O9/c27-24(34)19-16(30)10-14-21(37-25(35)28-12-6-2-1-3-7-12)13-9-11-5-4-8-15(29)17(11)20(31)18(13)22(32)26(14,36)23(19)33/h1-8,13-14,18-19,21,29,36H,9-10H2,(H2,27,34)(H,28,35)/t13-,14-,18?,19?,21+,26+/m1/s1. The Kier molecular flexibility index (Phi) is 5.67. The van der Waals surface area contributed by atoms with E-state index in [1.54, 1.807) is 36.4 Å². The van der Waals surface area contributed by atoms with Gasteiger partial charge in [-0.05, 0) is 30.2 Å². The molecule has 5 N–H and O–H groups in total. The van der Waals surface area contributed by atoms with Gasteiger partial charge in [-0.2, -0.15) is 0 Å². The quantitative estimate of drug-likeness (QED) is 0.431. The molecule has 2 aromatic carbocycles. The zero-order valence-corrected chi connectivity index (χ0v) is 19.2. The van der Waals surface area contributed by atoms with Gasteiger partial charge < -0.3 is 20.7 Å². The molecule has 6 atom stereocenters. The first-order valence-electron chi connectivity index (χ1n) is 11.6. The van der Waals surface area contributed by atoms with E-state index in [2.05, 4.69) is 5.32 Å². The number of rotatable bonds is 3. The molecule has 0 saturated heterocycles. The third-order valence-corrected chi connectivity index (χ3v) is 7.48. The molecule has 0 bridgehead atoms. The molecule has 0 spiro atoms. The number of nitrogens with one attached hydrogen (secondary N) is 1. The van der Waals surface area contributed by atoms with Gasteiger partial charge >= 0.3 is 6.09 Å². The molecule has 3 aliphatic carbocycles. The number of ether oxygens (including phenoxy) is 1. The number of phenols is 1. The Balaban J connectivity index is 1.61. The highest BCUT2D eigenvalue weighted by molar-refractivity contribution is 6.31. The van der Waals surface area contributed by atoms with Crippen LogP contribution in [0.4, 0.5) is 10.5 Å². The van der Waals surface area contributed by atoms with Crippen LogP contribution >= 0.6 is 0 Å². The Morgan fingerprint density at radius 3 is 2.35 bits per heavy atom. The summed E-state index contributed by atoms with van der Waals surface area (Å²) in [6.07, 6.45) is -3.13. The zero-order chi connectivity index (χ0) is 26.6. The minimum Gasteiger partial charge on any atom is -0.507 e. The van der Waals surface area contributed by atoms with Gasteiger partial charge in [0.05, 0.1) is 11.5 Å². The molecule has 0 heterocycles. The number of aromatic hydroxyl groups is 1. The van der Waals surface area contributed by atoms with Crippen LogP contribution in [0.15, 0.2) is 48.5 Å². The molecule has 5 rings (SSSR count). The van der Waals surface area contributed by atoms with Crippen molar-refractivity contribution in [3.8, 4) is 5.75 Å². The summed E-state index contributed by atoms with van der Waals surface area (Å²) in [5.41, 5.74) is 2.84.